The molecule has 29 heavy (non-hydrogen) atoms. The summed E-state index contributed by atoms with van der Waals surface area (Å²) in [6, 6.07) is 28.0. The third-order valence-electron chi connectivity index (χ3n) is 5.62. The van der Waals surface area contributed by atoms with Gasteiger partial charge in [-0.05, 0) is 11.1 Å². The van der Waals surface area contributed by atoms with Crippen molar-refractivity contribution in [3.63, 3.8) is 0 Å². The number of hydrogen-bond donors (Lipinski definition) is 1. The second kappa shape index (κ2) is 8.41. The Morgan fingerprint density at radius 1 is 0.759 bits per heavy atom. The smallest absolute Gasteiger partial charge is 0.323 e. The highest BCUT2D eigenvalue weighted by atomic mass is 16.5. The number of ketones is 1. The fraction of sp³-hybridized carbons (Fsp3) is 0.200. The molecular weight excluding hydrogens is 362 g/mol. The number of hydrogen-bond acceptors (Lipinski definition) is 4. The van der Waals surface area contributed by atoms with Crippen molar-refractivity contribution in [2.45, 2.75) is 18.0 Å². The number of benzene rings is 3. The number of esters is 1. The van der Waals surface area contributed by atoms with E-state index in [0.717, 1.165) is 11.1 Å². The van der Waals surface area contributed by atoms with Gasteiger partial charge in [0, 0.05) is 17.5 Å². The maximum atomic E-state index is 13.7. The summed E-state index contributed by atoms with van der Waals surface area (Å²) in [5, 5.41) is 3.41. The van der Waals surface area contributed by atoms with Crippen molar-refractivity contribution in [2.75, 3.05) is 7.11 Å². The lowest BCUT2D eigenvalue weighted by molar-refractivity contribution is -0.143. The van der Waals surface area contributed by atoms with Crippen LogP contribution in [-0.4, -0.2) is 24.9 Å². The number of methoxy groups -OCH3 is 1. The Hall–Kier alpha value is -3.24. The Labute approximate surface area is 170 Å². The van der Waals surface area contributed by atoms with E-state index in [1.54, 1.807) is 0 Å². The van der Waals surface area contributed by atoms with Crippen molar-refractivity contribution in [2.24, 2.45) is 5.92 Å². The van der Waals surface area contributed by atoms with Crippen LogP contribution in [0.1, 0.15) is 33.4 Å². The predicted octanol–water partition coefficient (Wildman–Crippen LogP) is 4.16. The number of ether oxygens (including phenoxy) is 1. The normalized spacial score (nSPS) is 23.5. The van der Waals surface area contributed by atoms with Crippen molar-refractivity contribution >= 4 is 11.8 Å². The second-order valence-corrected chi connectivity index (χ2v) is 7.25. The van der Waals surface area contributed by atoms with Crippen LogP contribution in [0.4, 0.5) is 0 Å². The minimum absolute atomic E-state index is 0.0206. The van der Waals surface area contributed by atoms with Gasteiger partial charge in [0.25, 0.3) is 0 Å². The molecule has 1 fully saturated rings. The maximum Gasteiger partial charge on any atom is 0.323 e. The van der Waals surface area contributed by atoms with Crippen LogP contribution in [0, 0.1) is 5.92 Å². The van der Waals surface area contributed by atoms with Crippen molar-refractivity contribution in [1.82, 2.24) is 5.32 Å². The molecule has 0 unspecified atom stereocenters. The average Bonchev–Trinajstić information content (AvgIpc) is 3.20. The number of carbonyl (C=O) groups excluding carboxylic acids is 2. The molecule has 3 aromatic carbocycles. The van der Waals surface area contributed by atoms with Crippen LogP contribution >= 0.6 is 0 Å². The van der Waals surface area contributed by atoms with E-state index < -0.39 is 12.0 Å². The number of Topliss-reactive ketones (excluding diaryl/α,β-unsaturated/α-hetero) is 1. The van der Waals surface area contributed by atoms with Crippen LogP contribution < -0.4 is 5.32 Å². The fourth-order valence-corrected chi connectivity index (χ4v) is 4.31. The molecular formula is C25H23NO3. The Bertz CT molecular complexity index is 973. The summed E-state index contributed by atoms with van der Waals surface area (Å²) in [4.78, 5) is 26.4. The van der Waals surface area contributed by atoms with E-state index in [4.69, 9.17) is 4.74 Å². The molecule has 4 rings (SSSR count). The van der Waals surface area contributed by atoms with E-state index >= 15 is 0 Å². The van der Waals surface area contributed by atoms with E-state index in [2.05, 4.69) is 5.32 Å². The lowest BCUT2D eigenvalue weighted by atomic mass is 9.76. The van der Waals surface area contributed by atoms with Crippen molar-refractivity contribution < 1.29 is 14.3 Å². The van der Waals surface area contributed by atoms with E-state index in [-0.39, 0.29) is 23.7 Å². The van der Waals surface area contributed by atoms with Gasteiger partial charge in [0.15, 0.2) is 5.78 Å². The monoisotopic (exact) mass is 385 g/mol. The van der Waals surface area contributed by atoms with Crippen molar-refractivity contribution in [1.29, 1.82) is 0 Å². The summed E-state index contributed by atoms with van der Waals surface area (Å²) in [5.74, 6) is -1.11. The minimum Gasteiger partial charge on any atom is -0.468 e. The highest BCUT2D eigenvalue weighted by molar-refractivity contribution is 6.00. The van der Waals surface area contributed by atoms with Crippen LogP contribution in [0.2, 0.25) is 0 Å². The van der Waals surface area contributed by atoms with Gasteiger partial charge in [-0.15, -0.1) is 0 Å². The van der Waals surface area contributed by atoms with Gasteiger partial charge in [-0.25, -0.2) is 0 Å². The zero-order valence-electron chi connectivity index (χ0n) is 16.2. The molecule has 1 N–H and O–H groups in total. The van der Waals surface area contributed by atoms with Gasteiger partial charge in [0.2, 0.25) is 0 Å². The van der Waals surface area contributed by atoms with Crippen LogP contribution in [0.5, 0.6) is 0 Å². The first kappa shape index (κ1) is 19.1. The molecule has 146 valence electrons. The molecule has 0 spiro atoms. The SMILES string of the molecule is COC(=O)[C@@H]1N[C@H](c2ccccc2)[C@@H](C(=O)c2ccccc2)[C@@H]1c1ccccc1. The number of carbonyl (C=O) groups is 2. The second-order valence-electron chi connectivity index (χ2n) is 7.25. The van der Waals surface area contributed by atoms with Gasteiger partial charge in [-0.1, -0.05) is 91.0 Å². The molecule has 0 saturated carbocycles. The predicted molar refractivity (Wildman–Crippen MR) is 112 cm³/mol. The first-order valence-corrected chi connectivity index (χ1v) is 9.73. The molecule has 0 radical (unpaired) electrons. The lowest BCUT2D eigenvalue weighted by Crippen LogP contribution is -2.36. The van der Waals surface area contributed by atoms with Crippen LogP contribution in [-0.2, 0) is 9.53 Å². The zero-order valence-corrected chi connectivity index (χ0v) is 16.2. The molecule has 1 aliphatic heterocycles. The molecule has 1 saturated heterocycles. The highest BCUT2D eigenvalue weighted by Crippen LogP contribution is 2.45. The summed E-state index contributed by atoms with van der Waals surface area (Å²) in [6.07, 6.45) is 0. The molecule has 1 aliphatic rings. The third kappa shape index (κ3) is 3.71. The molecule has 4 nitrogen and oxygen atoms in total. The molecule has 3 aromatic rings. The zero-order chi connectivity index (χ0) is 20.2. The van der Waals surface area contributed by atoms with Gasteiger partial charge in [-0.2, -0.15) is 0 Å². The van der Waals surface area contributed by atoms with Gasteiger partial charge < -0.3 is 4.74 Å². The standard InChI is InChI=1S/C25H23NO3/c1-29-25(28)23-20(17-11-5-2-6-12-17)21(24(27)19-15-9-4-10-16-19)22(26-23)18-13-7-3-8-14-18/h2-16,20-23,26H,1H3/t20-,21-,22+,23+/m0/s1. The summed E-state index contributed by atoms with van der Waals surface area (Å²) in [7, 11) is 1.38. The van der Waals surface area contributed by atoms with E-state index in [1.807, 2.05) is 91.0 Å². The minimum atomic E-state index is -0.606. The van der Waals surface area contributed by atoms with Gasteiger partial charge >= 0.3 is 5.97 Å². The van der Waals surface area contributed by atoms with Gasteiger partial charge in [-0.3, -0.25) is 14.9 Å². The highest BCUT2D eigenvalue weighted by Gasteiger charge is 2.51. The molecule has 4 atom stereocenters. The summed E-state index contributed by atoms with van der Waals surface area (Å²) in [6.45, 7) is 0. The Morgan fingerprint density at radius 3 is 1.83 bits per heavy atom. The van der Waals surface area contributed by atoms with Gasteiger partial charge in [0.1, 0.15) is 6.04 Å². The Morgan fingerprint density at radius 2 is 1.28 bits per heavy atom. The summed E-state index contributed by atoms with van der Waals surface area (Å²) in [5.41, 5.74) is 2.57. The molecule has 0 bridgehead atoms. The number of nitrogens with one attached hydrogen (secondary N) is 1. The topological polar surface area (TPSA) is 55.4 Å². The molecule has 0 amide bonds. The van der Waals surface area contributed by atoms with Crippen LogP contribution in [0.3, 0.4) is 0 Å². The first-order valence-electron chi connectivity index (χ1n) is 9.73. The molecule has 1 heterocycles. The van der Waals surface area contributed by atoms with Crippen LogP contribution in [0.25, 0.3) is 0 Å². The quantitative estimate of drug-likeness (QED) is 0.529. The van der Waals surface area contributed by atoms with Crippen molar-refractivity contribution in [3.8, 4) is 0 Å². The maximum absolute atomic E-state index is 13.7. The summed E-state index contributed by atoms with van der Waals surface area (Å²) < 4.78 is 5.09. The van der Waals surface area contributed by atoms with Gasteiger partial charge in [0.05, 0.1) is 13.0 Å². The van der Waals surface area contributed by atoms with E-state index in [1.165, 1.54) is 7.11 Å². The molecule has 4 heteroatoms. The fourth-order valence-electron chi connectivity index (χ4n) is 4.31. The summed E-state index contributed by atoms with van der Waals surface area (Å²) >= 11 is 0. The largest absolute Gasteiger partial charge is 0.468 e. The van der Waals surface area contributed by atoms with Crippen molar-refractivity contribution in [3.05, 3.63) is 108 Å². The molecule has 0 aliphatic carbocycles. The Kier molecular flexibility index (Phi) is 5.54. The van der Waals surface area contributed by atoms with E-state index in [0.29, 0.717) is 5.56 Å². The first-order chi connectivity index (χ1) is 14.2. The number of rotatable bonds is 5. The lowest BCUT2D eigenvalue weighted by Gasteiger charge is -2.24. The molecule has 0 aromatic heterocycles. The third-order valence-corrected chi connectivity index (χ3v) is 5.62. The van der Waals surface area contributed by atoms with E-state index in [9.17, 15) is 9.59 Å². The van der Waals surface area contributed by atoms with Crippen LogP contribution in [0.15, 0.2) is 91.0 Å². The Balaban J connectivity index is 1.85. The average molecular weight is 385 g/mol.